The third-order valence-electron chi connectivity index (χ3n) is 5.96. The van der Waals surface area contributed by atoms with Gasteiger partial charge in [-0.25, -0.2) is 0 Å². The molecule has 4 rings (SSSR count). The highest BCUT2D eigenvalue weighted by Crippen LogP contribution is 2.46. The summed E-state index contributed by atoms with van der Waals surface area (Å²) in [6.45, 7) is -1.35. The molecule has 3 aromatic rings. The Balaban J connectivity index is 1.71. The van der Waals surface area contributed by atoms with Gasteiger partial charge in [0.05, 0.1) is 18.3 Å². The van der Waals surface area contributed by atoms with Crippen LogP contribution in [0.5, 0.6) is 17.2 Å². The first kappa shape index (κ1) is 30.1. The number of alkyl halides is 10. The summed E-state index contributed by atoms with van der Waals surface area (Å²) in [5.41, 5.74) is 0.621. The molecule has 0 aromatic heterocycles. The Morgan fingerprint density at radius 3 is 2.12 bits per heavy atom. The summed E-state index contributed by atoms with van der Waals surface area (Å²) in [4.78, 5) is 1.14. The van der Waals surface area contributed by atoms with Crippen molar-refractivity contribution in [3.63, 3.8) is 0 Å². The second-order valence-corrected chi connectivity index (χ2v) is 8.80. The molecule has 0 aliphatic carbocycles. The summed E-state index contributed by atoms with van der Waals surface area (Å²) < 4.78 is 143. The number of halogens is 10. The van der Waals surface area contributed by atoms with E-state index >= 15 is 0 Å². The monoisotopic (exact) mass is 599 g/mol. The number of β-amino-alcohol motifs (C(OH)–C–C–N with tert-alkyl or cyclic N) is 1. The topological polar surface area (TPSA) is 51.2 Å². The quantitative estimate of drug-likeness (QED) is 0.275. The maximum atomic E-state index is 13.3. The van der Waals surface area contributed by atoms with E-state index < -0.39 is 55.3 Å². The van der Waals surface area contributed by atoms with Gasteiger partial charge in [0.1, 0.15) is 18.1 Å². The third kappa shape index (κ3) is 7.07. The van der Waals surface area contributed by atoms with Crippen molar-refractivity contribution in [2.75, 3.05) is 18.1 Å². The summed E-state index contributed by atoms with van der Waals surface area (Å²) in [5.74, 6) is -1.19. The second-order valence-electron chi connectivity index (χ2n) is 8.80. The van der Waals surface area contributed by atoms with Gasteiger partial charge < -0.3 is 24.2 Å². The smallest absolute Gasteiger partial charge is 0.488 e. The molecule has 15 heteroatoms. The molecular weight excluding hydrogens is 580 g/mol. The second kappa shape index (κ2) is 11.2. The Morgan fingerprint density at radius 2 is 1.51 bits per heavy atom. The lowest BCUT2D eigenvalue weighted by Crippen LogP contribution is -2.46. The fourth-order valence-electron chi connectivity index (χ4n) is 4.16. The van der Waals surface area contributed by atoms with Crippen LogP contribution in [0, 0.1) is 0 Å². The first-order valence-corrected chi connectivity index (χ1v) is 11.6. The van der Waals surface area contributed by atoms with Gasteiger partial charge in [-0.15, -0.1) is 13.2 Å². The highest BCUT2D eigenvalue weighted by molar-refractivity contribution is 5.80. The van der Waals surface area contributed by atoms with Crippen LogP contribution in [0.15, 0.2) is 66.7 Å². The van der Waals surface area contributed by atoms with Gasteiger partial charge in [-0.3, -0.25) is 0 Å². The van der Waals surface area contributed by atoms with Crippen LogP contribution in [0.25, 0.3) is 11.1 Å². The average molecular weight is 599 g/mol. The highest BCUT2D eigenvalue weighted by Gasteiger charge is 2.44. The Hall–Kier alpha value is -3.88. The van der Waals surface area contributed by atoms with E-state index in [1.807, 2.05) is 0 Å². The van der Waals surface area contributed by atoms with E-state index in [1.54, 1.807) is 0 Å². The van der Waals surface area contributed by atoms with Crippen LogP contribution in [0.1, 0.15) is 11.6 Å². The zero-order valence-corrected chi connectivity index (χ0v) is 20.4. The molecule has 1 heterocycles. The molecule has 41 heavy (non-hydrogen) atoms. The van der Waals surface area contributed by atoms with Gasteiger partial charge in [-0.2, -0.15) is 30.7 Å². The van der Waals surface area contributed by atoms with Crippen LogP contribution >= 0.6 is 0 Å². The Bertz CT molecular complexity index is 1350. The van der Waals surface area contributed by atoms with Crippen molar-refractivity contribution in [1.82, 2.24) is 0 Å². The molecule has 222 valence electrons. The average Bonchev–Trinajstić information content (AvgIpc) is 2.87. The number of anilines is 1. The molecule has 5 nitrogen and oxygen atoms in total. The minimum absolute atomic E-state index is 0.00110. The van der Waals surface area contributed by atoms with Crippen LogP contribution in [0.2, 0.25) is 0 Å². The number of hydrogen-bond acceptors (Lipinski definition) is 5. The summed E-state index contributed by atoms with van der Waals surface area (Å²) in [6.07, 6.45) is -21.7. The number of ether oxygens (including phenoxy) is 3. The van der Waals surface area contributed by atoms with Crippen molar-refractivity contribution in [3.8, 4) is 28.4 Å². The number of fused-ring (bicyclic) bond motifs is 1. The van der Waals surface area contributed by atoms with E-state index in [4.69, 9.17) is 4.74 Å². The lowest BCUT2D eigenvalue weighted by molar-refractivity contribution is -0.274. The number of aliphatic hydroxyl groups excluding tert-OH is 1. The number of rotatable bonds is 8. The molecule has 0 radical (unpaired) electrons. The van der Waals surface area contributed by atoms with Gasteiger partial charge in [-0.1, -0.05) is 36.4 Å². The number of nitrogens with zero attached hydrogens (tertiary/aromatic N) is 1. The molecule has 1 N–H and O–H groups in total. The first-order valence-electron chi connectivity index (χ1n) is 11.6. The van der Waals surface area contributed by atoms with E-state index in [0.717, 1.165) is 41.3 Å². The zero-order valence-electron chi connectivity index (χ0n) is 20.4. The van der Waals surface area contributed by atoms with Gasteiger partial charge in [0.25, 0.3) is 0 Å². The van der Waals surface area contributed by atoms with Crippen molar-refractivity contribution in [2.45, 2.75) is 37.2 Å². The fraction of sp³-hybridized carbons (Fsp3) is 0.308. The van der Waals surface area contributed by atoms with Crippen LogP contribution in [-0.2, 0) is 0 Å². The lowest BCUT2D eigenvalue weighted by Gasteiger charge is -2.40. The zero-order chi connectivity index (χ0) is 30.2. The molecule has 0 spiro atoms. The lowest BCUT2D eigenvalue weighted by atomic mass is 9.98. The molecule has 1 aliphatic heterocycles. The number of para-hydroxylation sites is 1. The minimum Gasteiger partial charge on any atom is -0.488 e. The van der Waals surface area contributed by atoms with E-state index in [2.05, 4.69) is 9.47 Å². The molecule has 0 saturated heterocycles. The van der Waals surface area contributed by atoms with E-state index in [9.17, 15) is 49.0 Å². The molecule has 0 bridgehead atoms. The van der Waals surface area contributed by atoms with Gasteiger partial charge in [0.2, 0.25) is 0 Å². The van der Waals surface area contributed by atoms with Gasteiger partial charge in [0.15, 0.2) is 11.9 Å². The molecule has 2 unspecified atom stereocenters. The normalized spacial score (nSPS) is 16.7. The Kier molecular flexibility index (Phi) is 8.21. The van der Waals surface area contributed by atoms with Gasteiger partial charge in [0, 0.05) is 5.56 Å². The van der Waals surface area contributed by atoms with Crippen molar-refractivity contribution in [3.05, 3.63) is 72.3 Å². The van der Waals surface area contributed by atoms with Crippen LogP contribution in [0.4, 0.5) is 49.6 Å². The maximum absolute atomic E-state index is 13.3. The summed E-state index contributed by atoms with van der Waals surface area (Å²) in [6, 6.07) is 12.2. The number of benzene rings is 3. The van der Waals surface area contributed by atoms with Crippen LogP contribution in [-0.4, -0.2) is 49.4 Å². The summed E-state index contributed by atoms with van der Waals surface area (Å²) in [5, 5.41) is 9.88. The van der Waals surface area contributed by atoms with Gasteiger partial charge in [-0.05, 0) is 41.5 Å². The Labute approximate surface area is 225 Å². The summed E-state index contributed by atoms with van der Waals surface area (Å²) >= 11 is 0. The first-order chi connectivity index (χ1) is 19.0. The van der Waals surface area contributed by atoms with Crippen LogP contribution in [0.3, 0.4) is 0 Å². The number of hydrogen-bond donors (Lipinski definition) is 1. The van der Waals surface area contributed by atoms with Crippen molar-refractivity contribution >= 4 is 5.69 Å². The van der Waals surface area contributed by atoms with Crippen molar-refractivity contribution < 1.29 is 63.2 Å². The standard InChI is InChI=1S/C26H19F10NO4/c27-23(28)25(32,33)40-16-9-7-14(8-10-16)20-13-39-22-18(15-3-1-4-17(11-15)41-26(34,35)36)5-2-6-19(22)37(20)12-21(38)24(29,30)31/h1-11,20-21,23,38H,12-13H2. The molecule has 0 amide bonds. The molecule has 3 aromatic carbocycles. The molecule has 0 fully saturated rings. The SMILES string of the molecule is OC(CN1c2cccc(-c3cccc(OC(F)(F)F)c3)c2OCC1c1ccc(OC(F)(F)C(F)F)cc1)C(F)(F)F. The molecular formula is C26H19F10NO4. The maximum Gasteiger partial charge on any atom is 0.573 e. The van der Waals surface area contributed by atoms with Crippen molar-refractivity contribution in [1.29, 1.82) is 0 Å². The highest BCUT2D eigenvalue weighted by atomic mass is 19.4. The van der Waals surface area contributed by atoms with Gasteiger partial charge >= 0.3 is 25.1 Å². The molecule has 2 atom stereocenters. The molecule has 1 aliphatic rings. The fourth-order valence-corrected chi connectivity index (χ4v) is 4.16. The summed E-state index contributed by atoms with van der Waals surface area (Å²) in [7, 11) is 0. The predicted molar refractivity (Wildman–Crippen MR) is 124 cm³/mol. The minimum atomic E-state index is -5.03. The van der Waals surface area contributed by atoms with E-state index in [-0.39, 0.29) is 34.7 Å². The Morgan fingerprint density at radius 1 is 0.854 bits per heavy atom. The van der Waals surface area contributed by atoms with E-state index in [1.165, 1.54) is 30.3 Å². The van der Waals surface area contributed by atoms with E-state index in [0.29, 0.717) is 0 Å². The third-order valence-corrected chi connectivity index (χ3v) is 5.96. The molecule has 0 saturated carbocycles. The van der Waals surface area contributed by atoms with Crippen LogP contribution < -0.4 is 19.1 Å². The largest absolute Gasteiger partial charge is 0.573 e. The predicted octanol–water partition coefficient (Wildman–Crippen LogP) is 7.35. The van der Waals surface area contributed by atoms with Crippen molar-refractivity contribution in [2.24, 2.45) is 0 Å². The number of aliphatic hydroxyl groups is 1.